The van der Waals surface area contributed by atoms with E-state index in [4.69, 9.17) is 9.84 Å². The van der Waals surface area contributed by atoms with E-state index < -0.39 is 41.5 Å². The molecule has 6 rings (SSSR count). The van der Waals surface area contributed by atoms with E-state index in [0.717, 1.165) is 10.5 Å². The number of carboxylic acids is 1. The van der Waals surface area contributed by atoms with Crippen LogP contribution < -0.4 is 4.74 Å². The Labute approximate surface area is 241 Å². The molecule has 4 unspecified atom stereocenters. The van der Waals surface area contributed by atoms with Gasteiger partial charge >= 0.3 is 5.97 Å². The highest BCUT2D eigenvalue weighted by molar-refractivity contribution is 6.23. The number of aromatic hydroxyl groups is 1. The molecule has 4 atom stereocenters. The molecule has 2 aromatic carbocycles. The van der Waals surface area contributed by atoms with Crippen molar-refractivity contribution < 1.29 is 38.9 Å². The van der Waals surface area contributed by atoms with Gasteiger partial charge in [0.15, 0.2) is 11.6 Å². The number of fused-ring (bicyclic) bond motifs is 3. The zero-order valence-electron chi connectivity index (χ0n) is 22.9. The molecule has 4 aliphatic rings. The highest BCUT2D eigenvalue weighted by Gasteiger charge is 2.56. The van der Waals surface area contributed by atoms with Crippen LogP contribution in [0.15, 0.2) is 83.0 Å². The Morgan fingerprint density at radius 3 is 2.50 bits per heavy atom. The number of ketones is 2. The first-order valence-electron chi connectivity index (χ1n) is 13.9. The van der Waals surface area contributed by atoms with Crippen LogP contribution in [0.2, 0.25) is 0 Å². The van der Waals surface area contributed by atoms with E-state index in [1.807, 2.05) is 36.4 Å². The number of carboxylic acid groups (broad SMARTS) is 1. The van der Waals surface area contributed by atoms with Gasteiger partial charge in [0, 0.05) is 40.8 Å². The minimum absolute atomic E-state index is 0.111. The van der Waals surface area contributed by atoms with Crippen molar-refractivity contribution in [3.05, 3.63) is 94.1 Å². The highest BCUT2D eigenvalue weighted by Crippen LogP contribution is 2.56. The SMILES string of the molecule is CC1=CC(=O)C2=C(CC3C(=CCC4C(=O)N(CCC(=O)O)C(=O)C43)C2c2ccc(OCc3ccccc3)cc2O)C1=O. The normalized spacial score (nSPS) is 25.0. The van der Waals surface area contributed by atoms with Gasteiger partial charge in [0.05, 0.1) is 18.3 Å². The number of imide groups is 1. The lowest BCUT2D eigenvalue weighted by molar-refractivity contribution is -0.142. The van der Waals surface area contributed by atoms with E-state index in [1.165, 1.54) is 12.1 Å². The number of phenols is 1. The van der Waals surface area contributed by atoms with Crippen molar-refractivity contribution in [1.29, 1.82) is 0 Å². The van der Waals surface area contributed by atoms with Gasteiger partial charge in [0.25, 0.3) is 0 Å². The molecule has 9 nitrogen and oxygen atoms in total. The van der Waals surface area contributed by atoms with E-state index in [1.54, 1.807) is 19.1 Å². The van der Waals surface area contributed by atoms with Crippen molar-refractivity contribution in [3.63, 3.8) is 0 Å². The van der Waals surface area contributed by atoms with Gasteiger partial charge in [0.1, 0.15) is 18.1 Å². The number of likely N-dealkylation sites (tertiary alicyclic amines) is 1. The third-order valence-electron chi connectivity index (χ3n) is 8.76. The van der Waals surface area contributed by atoms with Gasteiger partial charge in [-0.3, -0.25) is 28.9 Å². The molecule has 2 aromatic rings. The molecule has 2 amide bonds. The van der Waals surface area contributed by atoms with Gasteiger partial charge < -0.3 is 14.9 Å². The number of amides is 2. The Hall–Kier alpha value is -4.79. The third kappa shape index (κ3) is 4.55. The van der Waals surface area contributed by atoms with Crippen LogP contribution in [-0.4, -0.2) is 51.0 Å². The van der Waals surface area contributed by atoms with Crippen LogP contribution in [0.5, 0.6) is 11.5 Å². The lowest BCUT2D eigenvalue weighted by Crippen LogP contribution is -2.40. The van der Waals surface area contributed by atoms with Crippen LogP contribution in [0.3, 0.4) is 0 Å². The van der Waals surface area contributed by atoms with Crippen molar-refractivity contribution in [2.75, 3.05) is 6.54 Å². The summed E-state index contributed by atoms with van der Waals surface area (Å²) in [7, 11) is 0. The number of carbonyl (C=O) groups is 5. The molecule has 3 aliphatic carbocycles. The fraction of sp³-hybridized carbons (Fsp3) is 0.303. The molecule has 1 aliphatic heterocycles. The standard InChI is InChI=1S/C33H29NO8/c1-17-13-26(36)30-24(31(17)39)15-23-20(9-10-22-29(23)33(41)34(32(22)40)12-11-27(37)38)28(30)21-8-7-19(14-25(21)35)42-16-18-5-3-2-4-6-18/h2-9,13-14,22-23,28-29,35H,10-12,15-16H2,1H3,(H,37,38). The minimum Gasteiger partial charge on any atom is -0.507 e. The second kappa shape index (κ2) is 10.6. The van der Waals surface area contributed by atoms with Gasteiger partial charge in [-0.1, -0.05) is 48.0 Å². The predicted octanol–water partition coefficient (Wildman–Crippen LogP) is 3.88. The quantitative estimate of drug-likeness (QED) is 0.292. The Morgan fingerprint density at radius 1 is 1.02 bits per heavy atom. The van der Waals surface area contributed by atoms with Crippen LogP contribution in [0, 0.1) is 17.8 Å². The summed E-state index contributed by atoms with van der Waals surface area (Å²) in [5.41, 5.74) is 2.92. The van der Waals surface area contributed by atoms with Gasteiger partial charge in [-0.15, -0.1) is 0 Å². The monoisotopic (exact) mass is 567 g/mol. The van der Waals surface area contributed by atoms with E-state index in [-0.39, 0.29) is 48.7 Å². The summed E-state index contributed by atoms with van der Waals surface area (Å²) in [6.45, 7) is 1.65. The van der Waals surface area contributed by atoms with E-state index >= 15 is 0 Å². The number of benzene rings is 2. The Balaban J connectivity index is 1.38. The molecule has 0 bridgehead atoms. The maximum Gasteiger partial charge on any atom is 0.305 e. The summed E-state index contributed by atoms with van der Waals surface area (Å²) >= 11 is 0. The number of ether oxygens (including phenoxy) is 1. The van der Waals surface area contributed by atoms with Crippen molar-refractivity contribution >= 4 is 29.4 Å². The summed E-state index contributed by atoms with van der Waals surface area (Å²) in [6, 6.07) is 14.4. The second-order valence-corrected chi connectivity index (χ2v) is 11.2. The highest BCUT2D eigenvalue weighted by atomic mass is 16.5. The maximum absolute atomic E-state index is 13.6. The van der Waals surface area contributed by atoms with Crippen molar-refractivity contribution in [1.82, 2.24) is 4.90 Å². The molecular formula is C33H29NO8. The molecule has 2 N–H and O–H groups in total. The summed E-state index contributed by atoms with van der Waals surface area (Å²) < 4.78 is 5.87. The van der Waals surface area contributed by atoms with Gasteiger partial charge in [-0.2, -0.15) is 0 Å². The van der Waals surface area contributed by atoms with Crippen molar-refractivity contribution in [3.8, 4) is 11.5 Å². The molecule has 1 fully saturated rings. The number of phenolic OH excluding ortho intramolecular Hbond substituents is 1. The Morgan fingerprint density at radius 2 is 1.79 bits per heavy atom. The molecule has 0 spiro atoms. The molecule has 1 heterocycles. The number of Topliss-reactive ketones (excluding diaryl/α,β-unsaturated/α-hetero) is 1. The zero-order chi connectivity index (χ0) is 29.7. The van der Waals surface area contributed by atoms with E-state index in [2.05, 4.69) is 0 Å². The van der Waals surface area contributed by atoms with E-state index in [9.17, 15) is 29.1 Å². The zero-order valence-corrected chi connectivity index (χ0v) is 22.9. The number of aliphatic carboxylic acids is 1. The van der Waals surface area contributed by atoms with Crippen LogP contribution >= 0.6 is 0 Å². The van der Waals surface area contributed by atoms with Gasteiger partial charge in [-0.05, 0) is 43.4 Å². The molecular weight excluding hydrogens is 538 g/mol. The number of hydrogen-bond donors (Lipinski definition) is 2. The number of rotatable bonds is 7. The van der Waals surface area contributed by atoms with Gasteiger partial charge in [-0.25, -0.2) is 0 Å². The predicted molar refractivity (Wildman–Crippen MR) is 149 cm³/mol. The smallest absolute Gasteiger partial charge is 0.305 e. The number of nitrogens with zero attached hydrogens (tertiary/aromatic N) is 1. The maximum atomic E-state index is 13.6. The summed E-state index contributed by atoms with van der Waals surface area (Å²) in [6.07, 6.45) is 3.16. The van der Waals surface area contributed by atoms with Crippen LogP contribution in [0.1, 0.15) is 43.2 Å². The summed E-state index contributed by atoms with van der Waals surface area (Å²) in [5, 5.41) is 20.4. The van der Waals surface area contributed by atoms with Gasteiger partial charge in [0.2, 0.25) is 11.8 Å². The first-order valence-corrected chi connectivity index (χ1v) is 13.9. The first kappa shape index (κ1) is 27.4. The molecule has 0 aromatic heterocycles. The molecule has 42 heavy (non-hydrogen) atoms. The fourth-order valence-electron chi connectivity index (χ4n) is 6.83. The number of allylic oxidation sites excluding steroid dienone is 6. The molecule has 0 saturated carbocycles. The Kier molecular flexibility index (Phi) is 6.88. The second-order valence-electron chi connectivity index (χ2n) is 11.2. The average molecular weight is 568 g/mol. The number of carbonyl (C=O) groups excluding carboxylic acids is 4. The molecule has 0 radical (unpaired) electrons. The molecule has 1 saturated heterocycles. The van der Waals surface area contributed by atoms with Crippen molar-refractivity contribution in [2.24, 2.45) is 17.8 Å². The van der Waals surface area contributed by atoms with E-state index in [0.29, 0.717) is 34.6 Å². The average Bonchev–Trinajstić information content (AvgIpc) is 3.22. The first-order chi connectivity index (χ1) is 20.2. The van der Waals surface area contributed by atoms with Crippen LogP contribution in [-0.2, 0) is 30.6 Å². The molecule has 9 heteroatoms. The van der Waals surface area contributed by atoms with Crippen LogP contribution in [0.25, 0.3) is 0 Å². The fourth-order valence-corrected chi connectivity index (χ4v) is 6.83. The van der Waals surface area contributed by atoms with Crippen LogP contribution in [0.4, 0.5) is 0 Å². The largest absolute Gasteiger partial charge is 0.507 e. The summed E-state index contributed by atoms with van der Waals surface area (Å²) in [4.78, 5) is 65.7. The number of hydrogen-bond acceptors (Lipinski definition) is 7. The topological polar surface area (TPSA) is 138 Å². The minimum atomic E-state index is -1.11. The van der Waals surface area contributed by atoms with Crippen molar-refractivity contribution in [2.45, 2.75) is 38.7 Å². The summed E-state index contributed by atoms with van der Waals surface area (Å²) in [5.74, 6) is -5.11. The lowest BCUT2D eigenvalue weighted by Gasteiger charge is -2.42. The molecule has 214 valence electrons. The lowest BCUT2D eigenvalue weighted by atomic mass is 9.59. The Bertz CT molecular complexity index is 1630. The third-order valence-corrected chi connectivity index (χ3v) is 8.76.